The number of amides is 2. The molecular formula is C17H23Br2N3O3. The van der Waals surface area contributed by atoms with E-state index in [1.807, 2.05) is 32.9 Å². The summed E-state index contributed by atoms with van der Waals surface area (Å²) in [6.45, 7) is 7.38. The van der Waals surface area contributed by atoms with E-state index in [2.05, 4.69) is 47.7 Å². The molecule has 1 rings (SSSR count). The summed E-state index contributed by atoms with van der Waals surface area (Å²) in [5.41, 5.74) is 3.91. The first kappa shape index (κ1) is 21.6. The van der Waals surface area contributed by atoms with Crippen LogP contribution in [0.4, 0.5) is 0 Å². The molecule has 0 radical (unpaired) electrons. The van der Waals surface area contributed by atoms with Crippen LogP contribution >= 0.6 is 31.9 Å². The van der Waals surface area contributed by atoms with Crippen LogP contribution in [0.15, 0.2) is 26.2 Å². The zero-order valence-corrected chi connectivity index (χ0v) is 18.0. The average molecular weight is 477 g/mol. The summed E-state index contributed by atoms with van der Waals surface area (Å²) >= 11 is 6.81. The van der Waals surface area contributed by atoms with E-state index in [0.717, 1.165) is 20.9 Å². The lowest BCUT2D eigenvalue weighted by Crippen LogP contribution is -2.33. The molecule has 25 heavy (non-hydrogen) atoms. The summed E-state index contributed by atoms with van der Waals surface area (Å²) in [4.78, 5) is 23.6. The van der Waals surface area contributed by atoms with Crippen molar-refractivity contribution >= 4 is 49.4 Å². The highest BCUT2D eigenvalue weighted by Crippen LogP contribution is 2.31. The van der Waals surface area contributed by atoms with Gasteiger partial charge >= 0.3 is 0 Å². The molecule has 0 aliphatic heterocycles. The van der Waals surface area contributed by atoms with Crippen molar-refractivity contribution in [2.75, 3.05) is 6.61 Å². The molecule has 0 bridgehead atoms. The molecule has 0 unspecified atom stereocenters. The van der Waals surface area contributed by atoms with E-state index in [9.17, 15) is 9.59 Å². The Hall–Kier alpha value is -1.41. The predicted molar refractivity (Wildman–Crippen MR) is 106 cm³/mol. The quantitative estimate of drug-likeness (QED) is 0.443. The highest BCUT2D eigenvalue weighted by molar-refractivity contribution is 9.11. The van der Waals surface area contributed by atoms with Crippen molar-refractivity contribution in [3.8, 4) is 5.75 Å². The standard InChI is InChI=1S/C17H23Br2N3O3/c1-5-11(3)20-16(23)7-12(4)21-22-17(24)9-25-15-6-10(2)13(18)8-14(15)19/h6,8,11H,5,7,9H2,1-4H3,(H,20,23)(H,22,24)/b21-12-/t11-/m1/s1. The Morgan fingerprint density at radius 3 is 2.56 bits per heavy atom. The molecule has 0 spiro atoms. The lowest BCUT2D eigenvalue weighted by molar-refractivity contribution is -0.123. The van der Waals surface area contributed by atoms with Gasteiger partial charge in [0.25, 0.3) is 5.91 Å². The van der Waals surface area contributed by atoms with Gasteiger partial charge in [0.1, 0.15) is 5.75 Å². The van der Waals surface area contributed by atoms with Gasteiger partial charge in [0.2, 0.25) is 5.91 Å². The fourth-order valence-corrected chi connectivity index (χ4v) is 2.88. The summed E-state index contributed by atoms with van der Waals surface area (Å²) < 4.78 is 7.19. The second-order valence-electron chi connectivity index (χ2n) is 5.76. The molecule has 0 aliphatic rings. The normalized spacial score (nSPS) is 12.5. The highest BCUT2D eigenvalue weighted by atomic mass is 79.9. The Bertz CT molecular complexity index is 663. The van der Waals surface area contributed by atoms with Gasteiger partial charge in [0, 0.05) is 16.2 Å². The Labute approximate surface area is 165 Å². The second kappa shape index (κ2) is 10.6. The molecule has 0 saturated carbocycles. The van der Waals surface area contributed by atoms with Crippen LogP contribution in [0.2, 0.25) is 0 Å². The fourth-order valence-electron chi connectivity index (χ4n) is 1.77. The van der Waals surface area contributed by atoms with Crippen LogP contribution in [0.5, 0.6) is 5.75 Å². The number of ether oxygens (including phenoxy) is 1. The van der Waals surface area contributed by atoms with Gasteiger partial charge < -0.3 is 10.1 Å². The maximum Gasteiger partial charge on any atom is 0.277 e. The number of nitrogens with one attached hydrogen (secondary N) is 2. The van der Waals surface area contributed by atoms with E-state index in [1.54, 1.807) is 6.92 Å². The van der Waals surface area contributed by atoms with Crippen LogP contribution in [-0.2, 0) is 9.59 Å². The van der Waals surface area contributed by atoms with Gasteiger partial charge in [-0.15, -0.1) is 0 Å². The van der Waals surface area contributed by atoms with Gasteiger partial charge in [0.05, 0.1) is 10.9 Å². The fraction of sp³-hybridized carbons (Fsp3) is 0.471. The van der Waals surface area contributed by atoms with Crippen molar-refractivity contribution in [1.29, 1.82) is 0 Å². The number of rotatable bonds is 8. The van der Waals surface area contributed by atoms with Gasteiger partial charge in [-0.25, -0.2) is 5.43 Å². The van der Waals surface area contributed by atoms with Crippen LogP contribution < -0.4 is 15.5 Å². The Morgan fingerprint density at radius 1 is 1.24 bits per heavy atom. The first-order chi connectivity index (χ1) is 11.7. The van der Waals surface area contributed by atoms with Gasteiger partial charge in [-0.1, -0.05) is 22.9 Å². The monoisotopic (exact) mass is 475 g/mol. The smallest absolute Gasteiger partial charge is 0.277 e. The molecule has 1 atom stereocenters. The number of halogens is 2. The number of hydrogen-bond donors (Lipinski definition) is 2. The van der Waals surface area contributed by atoms with Crippen LogP contribution in [0, 0.1) is 6.92 Å². The van der Waals surface area contributed by atoms with E-state index in [0.29, 0.717) is 11.5 Å². The number of hydrogen-bond acceptors (Lipinski definition) is 4. The zero-order valence-electron chi connectivity index (χ0n) is 14.8. The first-order valence-electron chi connectivity index (χ1n) is 7.92. The molecule has 0 saturated heterocycles. The number of carbonyl (C=O) groups excluding carboxylic acids is 2. The molecule has 0 aliphatic carbocycles. The van der Waals surface area contributed by atoms with E-state index < -0.39 is 5.91 Å². The molecule has 0 heterocycles. The topological polar surface area (TPSA) is 79.8 Å². The molecule has 2 N–H and O–H groups in total. The summed E-state index contributed by atoms with van der Waals surface area (Å²) in [7, 11) is 0. The largest absolute Gasteiger partial charge is 0.483 e. The maximum absolute atomic E-state index is 11.8. The minimum atomic E-state index is -0.394. The van der Waals surface area contributed by atoms with E-state index in [4.69, 9.17) is 4.74 Å². The molecule has 2 amide bonds. The highest BCUT2D eigenvalue weighted by Gasteiger charge is 2.09. The number of benzene rings is 1. The minimum Gasteiger partial charge on any atom is -0.483 e. The summed E-state index contributed by atoms with van der Waals surface area (Å²) in [5.74, 6) is 0.0639. The van der Waals surface area contributed by atoms with Crippen LogP contribution in [0.1, 0.15) is 39.2 Å². The lowest BCUT2D eigenvalue weighted by atomic mass is 10.2. The summed E-state index contributed by atoms with van der Waals surface area (Å²) in [6.07, 6.45) is 1.00. The Balaban J connectivity index is 2.46. The molecular weight excluding hydrogens is 454 g/mol. The predicted octanol–water partition coefficient (Wildman–Crippen LogP) is 3.70. The molecule has 0 fully saturated rings. The van der Waals surface area contributed by atoms with Gasteiger partial charge in [-0.2, -0.15) is 5.10 Å². The maximum atomic E-state index is 11.8. The number of aryl methyl sites for hydroxylation is 1. The van der Waals surface area contributed by atoms with Crippen molar-refractivity contribution in [3.63, 3.8) is 0 Å². The third kappa shape index (κ3) is 8.00. The van der Waals surface area contributed by atoms with Crippen LogP contribution in [0.25, 0.3) is 0 Å². The van der Waals surface area contributed by atoms with E-state index >= 15 is 0 Å². The SMILES string of the molecule is CC[C@@H](C)NC(=O)C/C(C)=N\NC(=O)COc1cc(C)c(Br)cc1Br. The number of hydrazone groups is 1. The van der Waals surface area contributed by atoms with Gasteiger partial charge in [-0.3, -0.25) is 9.59 Å². The molecule has 8 heteroatoms. The molecule has 0 aromatic heterocycles. The first-order valence-corrected chi connectivity index (χ1v) is 9.51. The van der Waals surface area contributed by atoms with Gasteiger partial charge in [-0.05, 0) is 60.8 Å². The minimum absolute atomic E-state index is 0.115. The molecule has 138 valence electrons. The van der Waals surface area contributed by atoms with Crippen molar-refractivity contribution in [2.24, 2.45) is 5.10 Å². The van der Waals surface area contributed by atoms with Crippen LogP contribution in [0.3, 0.4) is 0 Å². The third-order valence-electron chi connectivity index (χ3n) is 3.38. The molecule has 6 nitrogen and oxygen atoms in total. The zero-order chi connectivity index (χ0) is 19.0. The second-order valence-corrected chi connectivity index (χ2v) is 7.46. The number of carbonyl (C=O) groups is 2. The van der Waals surface area contributed by atoms with E-state index in [-0.39, 0.29) is 25.0 Å². The van der Waals surface area contributed by atoms with Crippen molar-refractivity contribution in [1.82, 2.24) is 10.7 Å². The summed E-state index contributed by atoms with van der Waals surface area (Å²) in [5, 5.41) is 6.77. The van der Waals surface area contributed by atoms with Gasteiger partial charge in [0.15, 0.2) is 6.61 Å². The molecule has 1 aromatic rings. The third-order valence-corrected chi connectivity index (χ3v) is 4.85. The Kier molecular flexibility index (Phi) is 9.13. The van der Waals surface area contributed by atoms with Crippen LogP contribution in [-0.4, -0.2) is 30.2 Å². The average Bonchev–Trinajstić information content (AvgIpc) is 2.54. The van der Waals surface area contributed by atoms with Crippen molar-refractivity contribution in [2.45, 2.75) is 46.6 Å². The Morgan fingerprint density at radius 2 is 1.92 bits per heavy atom. The molecule has 1 aromatic carbocycles. The van der Waals surface area contributed by atoms with Crippen molar-refractivity contribution in [3.05, 3.63) is 26.6 Å². The van der Waals surface area contributed by atoms with E-state index in [1.165, 1.54) is 0 Å². The summed E-state index contributed by atoms with van der Waals surface area (Å²) in [6, 6.07) is 3.81. The van der Waals surface area contributed by atoms with Crippen molar-refractivity contribution < 1.29 is 14.3 Å². The lowest BCUT2D eigenvalue weighted by Gasteiger charge is -2.11. The number of nitrogens with zero attached hydrogens (tertiary/aromatic N) is 1.